The van der Waals surface area contributed by atoms with Gasteiger partial charge in [-0.25, -0.2) is 0 Å². The summed E-state index contributed by atoms with van der Waals surface area (Å²) in [4.78, 5) is 46.1. The van der Waals surface area contributed by atoms with Crippen LogP contribution in [-0.2, 0) is 19.2 Å². The van der Waals surface area contributed by atoms with Gasteiger partial charge >= 0.3 is 0 Å². The second kappa shape index (κ2) is 12.6. The minimum absolute atomic E-state index is 0.0242. The fourth-order valence-electron chi connectivity index (χ4n) is 1.72. The van der Waals surface area contributed by atoms with E-state index in [0.717, 1.165) is 11.8 Å². The molecule has 0 saturated carbocycles. The number of aliphatic hydroxyl groups excluding tert-OH is 2. The lowest BCUT2D eigenvalue weighted by Crippen LogP contribution is -2.46. The highest BCUT2D eigenvalue weighted by Gasteiger charge is 2.32. The van der Waals surface area contributed by atoms with Gasteiger partial charge in [-0.05, 0) is 13.0 Å². The Morgan fingerprint density at radius 3 is 2.38 bits per heavy atom. The van der Waals surface area contributed by atoms with Gasteiger partial charge < -0.3 is 20.8 Å². The Bertz CT molecular complexity index is 533. The van der Waals surface area contributed by atoms with Crippen LogP contribution in [0.4, 0.5) is 0 Å². The number of carbonyl (C=O) groups excluding carboxylic acids is 4. The fraction of sp³-hybridized carbons (Fsp3) is 0.647. The molecule has 0 aromatic heterocycles. The number of allylic oxidation sites excluding steroid dienone is 2. The summed E-state index contributed by atoms with van der Waals surface area (Å²) in [5.41, 5.74) is -0.968. The Kier molecular flexibility index (Phi) is 11.8. The first-order valence-corrected chi connectivity index (χ1v) is 9.27. The van der Waals surface area contributed by atoms with E-state index in [1.165, 1.54) is 6.08 Å². The average molecular weight is 388 g/mol. The zero-order valence-electron chi connectivity index (χ0n) is 15.4. The molecule has 0 spiro atoms. The number of hydrogen-bond acceptors (Lipinski definition) is 7. The standard InChI is InChI=1S/C17H28N2O6S/c1-4-5-12(21)10-14(23)26-9-8-18-13(22)6-7-19-16(25)15(24)17(2,3)11-20/h4-5,15,20,24H,6-11H2,1-3H3,(H,18,22)(H,19,25)/b5-4+. The van der Waals surface area contributed by atoms with Crippen LogP contribution in [0, 0.1) is 5.41 Å². The number of carbonyl (C=O) groups is 4. The third-order valence-corrected chi connectivity index (χ3v) is 4.28. The van der Waals surface area contributed by atoms with Crippen molar-refractivity contribution < 1.29 is 29.4 Å². The maximum atomic E-state index is 11.7. The first kappa shape index (κ1) is 24.3. The quantitative estimate of drug-likeness (QED) is 0.206. The number of rotatable bonds is 12. The fourth-order valence-corrected chi connectivity index (χ4v) is 2.40. The molecule has 9 heteroatoms. The zero-order chi connectivity index (χ0) is 20.2. The molecule has 0 heterocycles. The SMILES string of the molecule is C/C=C/C(=O)CC(=O)SCCNC(=O)CCNC(=O)C(O)C(C)(C)CO. The van der Waals surface area contributed by atoms with Gasteiger partial charge in [0.2, 0.25) is 11.8 Å². The minimum atomic E-state index is -1.37. The molecule has 0 rings (SSSR count). The first-order valence-electron chi connectivity index (χ1n) is 8.28. The number of ketones is 1. The molecule has 0 saturated heterocycles. The van der Waals surface area contributed by atoms with E-state index >= 15 is 0 Å². The minimum Gasteiger partial charge on any atom is -0.396 e. The van der Waals surface area contributed by atoms with Crippen LogP contribution >= 0.6 is 11.8 Å². The van der Waals surface area contributed by atoms with Gasteiger partial charge in [-0.1, -0.05) is 31.7 Å². The predicted molar refractivity (Wildman–Crippen MR) is 99.4 cm³/mol. The molecule has 26 heavy (non-hydrogen) atoms. The Labute approximate surface area is 157 Å². The number of hydrogen-bond donors (Lipinski definition) is 4. The lowest BCUT2D eigenvalue weighted by Gasteiger charge is -2.27. The molecule has 0 aliphatic heterocycles. The lowest BCUT2D eigenvalue weighted by molar-refractivity contribution is -0.137. The Morgan fingerprint density at radius 1 is 1.15 bits per heavy atom. The van der Waals surface area contributed by atoms with Crippen LogP contribution < -0.4 is 10.6 Å². The van der Waals surface area contributed by atoms with Crippen LogP contribution in [0.2, 0.25) is 0 Å². The van der Waals surface area contributed by atoms with Gasteiger partial charge in [0.25, 0.3) is 0 Å². The van der Waals surface area contributed by atoms with Crippen molar-refractivity contribution in [3.63, 3.8) is 0 Å². The predicted octanol–water partition coefficient (Wildman–Crippen LogP) is -0.217. The van der Waals surface area contributed by atoms with E-state index in [1.807, 2.05) is 0 Å². The van der Waals surface area contributed by atoms with Gasteiger partial charge in [0.15, 0.2) is 10.9 Å². The topological polar surface area (TPSA) is 133 Å². The third-order valence-electron chi connectivity index (χ3n) is 3.41. The highest BCUT2D eigenvalue weighted by Crippen LogP contribution is 2.19. The van der Waals surface area contributed by atoms with Crippen LogP contribution in [0.3, 0.4) is 0 Å². The summed E-state index contributed by atoms with van der Waals surface area (Å²) in [5, 5.41) is 23.7. The molecule has 0 fully saturated rings. The van der Waals surface area contributed by atoms with Gasteiger partial charge in [-0.2, -0.15) is 0 Å². The second-order valence-electron chi connectivity index (χ2n) is 6.30. The van der Waals surface area contributed by atoms with E-state index < -0.39 is 17.4 Å². The summed E-state index contributed by atoms with van der Waals surface area (Å²) in [6.45, 7) is 4.76. The summed E-state index contributed by atoms with van der Waals surface area (Å²) in [6.07, 6.45) is 1.40. The van der Waals surface area contributed by atoms with Crippen molar-refractivity contribution in [2.75, 3.05) is 25.4 Å². The summed E-state index contributed by atoms with van der Waals surface area (Å²) >= 11 is 0.976. The van der Waals surface area contributed by atoms with Gasteiger partial charge in [0.1, 0.15) is 6.10 Å². The van der Waals surface area contributed by atoms with Crippen molar-refractivity contribution in [1.29, 1.82) is 0 Å². The average Bonchev–Trinajstić information content (AvgIpc) is 2.58. The zero-order valence-corrected chi connectivity index (χ0v) is 16.2. The van der Waals surface area contributed by atoms with Crippen LogP contribution in [0.1, 0.15) is 33.6 Å². The van der Waals surface area contributed by atoms with E-state index in [9.17, 15) is 24.3 Å². The van der Waals surface area contributed by atoms with E-state index in [1.54, 1.807) is 26.8 Å². The maximum absolute atomic E-state index is 11.7. The molecular formula is C17H28N2O6S. The van der Waals surface area contributed by atoms with Gasteiger partial charge in [0.05, 0.1) is 13.0 Å². The molecular weight excluding hydrogens is 360 g/mol. The molecule has 0 radical (unpaired) electrons. The molecule has 2 amide bonds. The summed E-state index contributed by atoms with van der Waals surface area (Å²) in [6, 6.07) is 0. The highest BCUT2D eigenvalue weighted by molar-refractivity contribution is 8.13. The van der Waals surface area contributed by atoms with E-state index in [4.69, 9.17) is 5.11 Å². The largest absolute Gasteiger partial charge is 0.396 e. The van der Waals surface area contributed by atoms with E-state index in [-0.39, 0.29) is 49.3 Å². The van der Waals surface area contributed by atoms with E-state index in [2.05, 4.69) is 10.6 Å². The van der Waals surface area contributed by atoms with Crippen molar-refractivity contribution in [3.05, 3.63) is 12.2 Å². The second-order valence-corrected chi connectivity index (χ2v) is 7.46. The maximum Gasteiger partial charge on any atom is 0.249 e. The number of nitrogens with one attached hydrogen (secondary N) is 2. The van der Waals surface area contributed by atoms with Crippen LogP contribution in [0.25, 0.3) is 0 Å². The number of thioether (sulfide) groups is 1. The van der Waals surface area contributed by atoms with Crippen LogP contribution in [0.5, 0.6) is 0 Å². The molecule has 1 atom stereocenters. The molecule has 0 aromatic rings. The molecule has 1 unspecified atom stereocenters. The van der Waals surface area contributed by atoms with Gasteiger partial charge in [0, 0.05) is 30.7 Å². The molecule has 148 valence electrons. The third kappa shape index (κ3) is 10.3. The van der Waals surface area contributed by atoms with Crippen molar-refractivity contribution in [3.8, 4) is 0 Å². The number of amides is 2. The van der Waals surface area contributed by atoms with Crippen LogP contribution in [0.15, 0.2) is 12.2 Å². The highest BCUT2D eigenvalue weighted by atomic mass is 32.2. The first-order chi connectivity index (χ1) is 12.1. The molecule has 4 N–H and O–H groups in total. The van der Waals surface area contributed by atoms with Crippen molar-refractivity contribution in [2.24, 2.45) is 5.41 Å². The summed E-state index contributed by atoms with van der Waals surface area (Å²) < 4.78 is 0. The monoisotopic (exact) mass is 388 g/mol. The van der Waals surface area contributed by atoms with Gasteiger partial charge in [-0.15, -0.1) is 0 Å². The normalized spacial score (nSPS) is 12.7. The Balaban J connectivity index is 3.89. The van der Waals surface area contributed by atoms with Crippen molar-refractivity contribution in [2.45, 2.75) is 39.7 Å². The molecule has 0 aliphatic carbocycles. The van der Waals surface area contributed by atoms with Crippen molar-refractivity contribution >= 4 is 34.5 Å². The number of aliphatic hydroxyl groups is 2. The lowest BCUT2D eigenvalue weighted by atomic mass is 9.87. The van der Waals surface area contributed by atoms with Crippen molar-refractivity contribution in [1.82, 2.24) is 10.6 Å². The van der Waals surface area contributed by atoms with Crippen LogP contribution in [-0.4, -0.2) is 64.5 Å². The molecule has 0 aromatic carbocycles. The smallest absolute Gasteiger partial charge is 0.249 e. The van der Waals surface area contributed by atoms with Gasteiger partial charge in [-0.3, -0.25) is 19.2 Å². The Hall–Kier alpha value is -1.71. The summed E-state index contributed by atoms with van der Waals surface area (Å²) in [7, 11) is 0. The molecule has 0 aliphatic rings. The summed E-state index contributed by atoms with van der Waals surface area (Å²) in [5.74, 6) is -0.858. The molecule has 8 nitrogen and oxygen atoms in total. The Morgan fingerprint density at radius 2 is 1.81 bits per heavy atom. The molecule has 0 bridgehead atoms. The van der Waals surface area contributed by atoms with E-state index in [0.29, 0.717) is 5.75 Å².